The van der Waals surface area contributed by atoms with Crippen molar-refractivity contribution in [1.82, 2.24) is 4.90 Å². The maximum atomic E-state index is 12.8. The Bertz CT molecular complexity index is 638. The molecule has 0 bridgehead atoms. The number of benzene rings is 1. The number of unbranched alkanes of at least 4 members (excludes halogenated alkanes) is 8. The third-order valence-corrected chi connectivity index (χ3v) is 5.95. The van der Waals surface area contributed by atoms with Gasteiger partial charge in [-0.2, -0.15) is 0 Å². The number of piperidine rings is 1. The third-order valence-electron chi connectivity index (χ3n) is 5.95. The van der Waals surface area contributed by atoms with Crippen LogP contribution in [0.1, 0.15) is 87.9 Å². The molecule has 0 atom stereocenters. The van der Waals surface area contributed by atoms with E-state index in [0.717, 1.165) is 12.8 Å². The molecular weight excluding hydrogens is 378 g/mol. The number of hydrogen-bond donors (Lipinski definition) is 0. The maximum absolute atomic E-state index is 12.8. The Balaban J connectivity index is 1.59. The fourth-order valence-corrected chi connectivity index (χ4v) is 4.01. The summed E-state index contributed by atoms with van der Waals surface area (Å²) in [5, 5.41) is 0. The van der Waals surface area contributed by atoms with Gasteiger partial charge in [0.15, 0.2) is 0 Å². The van der Waals surface area contributed by atoms with Gasteiger partial charge in [0.1, 0.15) is 5.75 Å². The summed E-state index contributed by atoms with van der Waals surface area (Å²) in [4.78, 5) is 26.9. The number of rotatable bonds is 13. The zero-order valence-electron chi connectivity index (χ0n) is 18.9. The Labute approximate surface area is 182 Å². The SMILES string of the molecule is CCCCCCCCCCCOC(=O)C1CCN(C(=O)c2ccccc2OC)CC1. The number of methoxy groups -OCH3 is 1. The molecule has 0 spiro atoms. The van der Waals surface area contributed by atoms with E-state index in [2.05, 4.69) is 6.92 Å². The molecule has 0 aliphatic carbocycles. The van der Waals surface area contributed by atoms with E-state index in [1.807, 2.05) is 17.0 Å². The number of amides is 1. The molecule has 1 aromatic rings. The highest BCUT2D eigenvalue weighted by atomic mass is 16.5. The van der Waals surface area contributed by atoms with Gasteiger partial charge in [-0.15, -0.1) is 0 Å². The van der Waals surface area contributed by atoms with Crippen molar-refractivity contribution in [2.24, 2.45) is 5.92 Å². The van der Waals surface area contributed by atoms with Crippen molar-refractivity contribution in [3.05, 3.63) is 29.8 Å². The van der Waals surface area contributed by atoms with Crippen LogP contribution in [0.3, 0.4) is 0 Å². The molecule has 1 saturated heterocycles. The Morgan fingerprint density at radius 1 is 0.933 bits per heavy atom. The van der Waals surface area contributed by atoms with Crippen LogP contribution >= 0.6 is 0 Å². The molecule has 168 valence electrons. The molecule has 1 heterocycles. The fraction of sp³-hybridized carbons (Fsp3) is 0.680. The molecule has 1 fully saturated rings. The number of para-hydroxylation sites is 1. The van der Waals surface area contributed by atoms with E-state index in [4.69, 9.17) is 9.47 Å². The number of likely N-dealkylation sites (tertiary alicyclic amines) is 1. The summed E-state index contributed by atoms with van der Waals surface area (Å²) >= 11 is 0. The first-order valence-electron chi connectivity index (χ1n) is 11.8. The quantitative estimate of drug-likeness (QED) is 0.309. The minimum atomic E-state index is -0.0982. The van der Waals surface area contributed by atoms with E-state index >= 15 is 0 Å². The Hall–Kier alpha value is -2.04. The summed E-state index contributed by atoms with van der Waals surface area (Å²) in [6.45, 7) is 3.92. The van der Waals surface area contributed by atoms with E-state index in [1.54, 1.807) is 19.2 Å². The van der Waals surface area contributed by atoms with E-state index in [1.165, 1.54) is 44.9 Å². The van der Waals surface area contributed by atoms with Crippen molar-refractivity contribution in [3.8, 4) is 5.75 Å². The summed E-state index contributed by atoms with van der Waals surface area (Å²) in [5.41, 5.74) is 0.575. The van der Waals surface area contributed by atoms with Gasteiger partial charge in [-0.05, 0) is 31.4 Å². The monoisotopic (exact) mass is 417 g/mol. The summed E-state index contributed by atoms with van der Waals surface area (Å²) < 4.78 is 10.8. The first-order valence-corrected chi connectivity index (χ1v) is 11.8. The lowest BCUT2D eigenvalue weighted by Gasteiger charge is -2.31. The van der Waals surface area contributed by atoms with Gasteiger partial charge in [-0.1, -0.05) is 70.4 Å². The average Bonchev–Trinajstić information content (AvgIpc) is 2.79. The fourth-order valence-electron chi connectivity index (χ4n) is 4.01. The van der Waals surface area contributed by atoms with Crippen molar-refractivity contribution >= 4 is 11.9 Å². The number of carbonyl (C=O) groups excluding carboxylic acids is 2. The first kappa shape index (κ1) is 24.2. The minimum Gasteiger partial charge on any atom is -0.496 e. The van der Waals surface area contributed by atoms with Gasteiger partial charge in [-0.25, -0.2) is 0 Å². The number of nitrogens with zero attached hydrogens (tertiary/aromatic N) is 1. The molecule has 1 amide bonds. The third kappa shape index (κ3) is 8.00. The molecule has 1 aliphatic rings. The Kier molecular flexibility index (Phi) is 11.3. The van der Waals surface area contributed by atoms with Crippen LogP contribution in [0, 0.1) is 5.92 Å². The van der Waals surface area contributed by atoms with Crippen LogP contribution in [-0.2, 0) is 9.53 Å². The van der Waals surface area contributed by atoms with Crippen LogP contribution in [0.2, 0.25) is 0 Å². The van der Waals surface area contributed by atoms with Crippen LogP contribution < -0.4 is 4.74 Å². The standard InChI is InChI=1S/C25H39NO4/c1-3-4-5-6-7-8-9-10-13-20-30-25(28)21-16-18-26(19-17-21)24(27)22-14-11-12-15-23(22)29-2/h11-12,14-15,21H,3-10,13,16-20H2,1-2H3. The zero-order valence-corrected chi connectivity index (χ0v) is 18.9. The van der Waals surface area contributed by atoms with Crippen LogP contribution in [-0.4, -0.2) is 43.6 Å². The highest BCUT2D eigenvalue weighted by Crippen LogP contribution is 2.24. The first-order chi connectivity index (χ1) is 14.7. The van der Waals surface area contributed by atoms with E-state index < -0.39 is 0 Å². The maximum Gasteiger partial charge on any atom is 0.309 e. The second-order valence-electron chi connectivity index (χ2n) is 8.26. The molecule has 0 unspecified atom stereocenters. The van der Waals surface area contributed by atoms with Crippen molar-refractivity contribution in [3.63, 3.8) is 0 Å². The highest BCUT2D eigenvalue weighted by molar-refractivity contribution is 5.97. The van der Waals surface area contributed by atoms with Gasteiger partial charge in [0.2, 0.25) is 0 Å². The second kappa shape index (κ2) is 14.1. The molecule has 1 aromatic carbocycles. The predicted molar refractivity (Wildman–Crippen MR) is 120 cm³/mol. The van der Waals surface area contributed by atoms with Gasteiger partial charge < -0.3 is 14.4 Å². The van der Waals surface area contributed by atoms with Crippen LogP contribution in [0.5, 0.6) is 5.75 Å². The predicted octanol–water partition coefficient (Wildman–Crippen LogP) is 5.62. The molecular formula is C25H39NO4. The van der Waals surface area contributed by atoms with Crippen molar-refractivity contribution < 1.29 is 19.1 Å². The van der Waals surface area contributed by atoms with E-state index in [0.29, 0.717) is 43.9 Å². The van der Waals surface area contributed by atoms with Gasteiger partial charge in [0.25, 0.3) is 5.91 Å². The molecule has 0 radical (unpaired) electrons. The van der Waals surface area contributed by atoms with Crippen LogP contribution in [0.4, 0.5) is 0 Å². The molecule has 1 aliphatic heterocycles. The Morgan fingerprint density at radius 2 is 1.53 bits per heavy atom. The second-order valence-corrected chi connectivity index (χ2v) is 8.26. The van der Waals surface area contributed by atoms with Crippen molar-refractivity contribution in [1.29, 1.82) is 0 Å². The van der Waals surface area contributed by atoms with Crippen molar-refractivity contribution in [2.45, 2.75) is 77.6 Å². The molecule has 5 nitrogen and oxygen atoms in total. The van der Waals surface area contributed by atoms with Gasteiger partial charge >= 0.3 is 5.97 Å². The van der Waals surface area contributed by atoms with Crippen molar-refractivity contribution in [2.75, 3.05) is 26.8 Å². The molecule has 30 heavy (non-hydrogen) atoms. The normalized spacial score (nSPS) is 14.5. The Morgan fingerprint density at radius 3 is 2.17 bits per heavy atom. The van der Waals surface area contributed by atoms with Crippen LogP contribution in [0.25, 0.3) is 0 Å². The molecule has 2 rings (SSSR count). The number of carbonyl (C=O) groups is 2. The number of esters is 1. The van der Waals surface area contributed by atoms with E-state index in [9.17, 15) is 9.59 Å². The summed E-state index contributed by atoms with van der Waals surface area (Å²) in [6, 6.07) is 7.27. The number of ether oxygens (including phenoxy) is 2. The van der Waals surface area contributed by atoms with Crippen LogP contribution in [0.15, 0.2) is 24.3 Å². The minimum absolute atomic E-state index is 0.0334. The molecule has 0 N–H and O–H groups in total. The molecule has 0 aromatic heterocycles. The summed E-state index contributed by atoms with van der Waals surface area (Å²) in [6.07, 6.45) is 12.6. The topological polar surface area (TPSA) is 55.8 Å². The smallest absolute Gasteiger partial charge is 0.309 e. The van der Waals surface area contributed by atoms with Gasteiger partial charge in [0.05, 0.1) is 25.2 Å². The van der Waals surface area contributed by atoms with Gasteiger partial charge in [-0.3, -0.25) is 9.59 Å². The lowest BCUT2D eigenvalue weighted by atomic mass is 9.96. The summed E-state index contributed by atoms with van der Waals surface area (Å²) in [7, 11) is 1.57. The van der Waals surface area contributed by atoms with E-state index in [-0.39, 0.29) is 17.8 Å². The molecule has 0 saturated carbocycles. The molecule has 5 heteroatoms. The average molecular weight is 418 g/mol. The highest BCUT2D eigenvalue weighted by Gasteiger charge is 2.29. The van der Waals surface area contributed by atoms with Gasteiger partial charge in [0, 0.05) is 13.1 Å². The lowest BCUT2D eigenvalue weighted by Crippen LogP contribution is -2.40. The largest absolute Gasteiger partial charge is 0.496 e. The zero-order chi connectivity index (χ0) is 21.6. The number of hydrogen-bond acceptors (Lipinski definition) is 4. The lowest BCUT2D eigenvalue weighted by molar-refractivity contribution is -0.150. The summed E-state index contributed by atoms with van der Waals surface area (Å²) in [5.74, 6) is 0.364.